The quantitative estimate of drug-likeness (QED) is 0.673. The number of esters is 1. The average molecular weight is 359 g/mol. The second-order valence-electron chi connectivity index (χ2n) is 4.90. The Balaban J connectivity index is 2.41. The number of benzene rings is 1. The van der Waals surface area contributed by atoms with Crippen molar-refractivity contribution in [1.82, 2.24) is 9.78 Å². The fourth-order valence-electron chi connectivity index (χ4n) is 2.08. The smallest absolute Gasteiger partial charge is 0.435 e. The molecule has 1 heterocycles. The Bertz CT molecular complexity index is 815. The molecule has 0 saturated heterocycles. The number of ether oxygens (including phenoxy) is 1. The Morgan fingerprint density at radius 2 is 1.96 bits per heavy atom. The summed E-state index contributed by atoms with van der Waals surface area (Å²) in [6.07, 6.45) is -4.02. The van der Waals surface area contributed by atoms with Crippen LogP contribution in [0.1, 0.15) is 33.3 Å². The minimum absolute atomic E-state index is 0.00353. The molecule has 1 N–H and O–H groups in total. The molecule has 0 fully saturated rings. The van der Waals surface area contributed by atoms with E-state index in [0.717, 1.165) is 16.9 Å². The number of aromatic nitrogens is 2. The monoisotopic (exact) mass is 359 g/mol. The molecule has 0 saturated carbocycles. The highest BCUT2D eigenvalue weighted by Gasteiger charge is 2.39. The lowest BCUT2D eigenvalue weighted by atomic mass is 10.1. The van der Waals surface area contributed by atoms with Crippen LogP contribution in [-0.4, -0.2) is 28.3 Å². The third kappa shape index (κ3) is 3.95. The molecule has 1 aromatic heterocycles. The summed E-state index contributed by atoms with van der Waals surface area (Å²) in [6, 6.07) is 3.35. The Morgan fingerprint density at radius 3 is 2.56 bits per heavy atom. The van der Waals surface area contributed by atoms with Crippen molar-refractivity contribution >= 4 is 17.6 Å². The molecule has 0 radical (unpaired) electrons. The summed E-state index contributed by atoms with van der Waals surface area (Å²) in [5.74, 6) is -3.16. The van der Waals surface area contributed by atoms with E-state index in [0.29, 0.717) is 0 Å². The number of alkyl halides is 3. The van der Waals surface area contributed by atoms with E-state index in [2.05, 4.69) is 5.10 Å². The van der Waals surface area contributed by atoms with Crippen LogP contribution in [-0.2, 0) is 18.0 Å². The predicted octanol–water partition coefficient (Wildman–Crippen LogP) is 3.01. The molecule has 0 atom stereocenters. The molecule has 6 nitrogen and oxygen atoms in total. The molecular weight excluding hydrogens is 346 g/mol. The van der Waals surface area contributed by atoms with Gasteiger partial charge in [-0.3, -0.25) is 9.48 Å². The van der Waals surface area contributed by atoms with Gasteiger partial charge in [0, 0.05) is 13.2 Å². The second kappa shape index (κ2) is 6.91. The van der Waals surface area contributed by atoms with Crippen LogP contribution in [0.5, 0.6) is 0 Å². The van der Waals surface area contributed by atoms with Crippen LogP contribution in [0.15, 0.2) is 24.4 Å². The number of nitrogens with zero attached hydrogens (tertiary/aromatic N) is 2. The molecule has 0 aliphatic carbocycles. The van der Waals surface area contributed by atoms with E-state index in [1.54, 1.807) is 0 Å². The predicted molar refractivity (Wildman–Crippen MR) is 78.5 cm³/mol. The molecule has 2 aromatic rings. The van der Waals surface area contributed by atoms with E-state index in [9.17, 15) is 27.2 Å². The summed E-state index contributed by atoms with van der Waals surface area (Å²) in [5, 5.41) is 5.19. The maximum Gasteiger partial charge on any atom is 0.435 e. The maximum atomic E-state index is 14.0. The Hall–Kier alpha value is -2.91. The first-order valence-corrected chi connectivity index (χ1v) is 7.03. The third-order valence-electron chi connectivity index (χ3n) is 3.09. The van der Waals surface area contributed by atoms with Gasteiger partial charge in [-0.15, -0.1) is 0 Å². The van der Waals surface area contributed by atoms with Gasteiger partial charge in [0.05, 0.1) is 23.4 Å². The van der Waals surface area contributed by atoms with Crippen LogP contribution in [0.4, 0.5) is 23.2 Å². The van der Waals surface area contributed by atoms with Gasteiger partial charge in [0.1, 0.15) is 5.82 Å². The van der Waals surface area contributed by atoms with Gasteiger partial charge in [0.15, 0.2) is 5.69 Å². The van der Waals surface area contributed by atoms with Gasteiger partial charge in [0.25, 0.3) is 5.91 Å². The highest BCUT2D eigenvalue weighted by atomic mass is 19.4. The van der Waals surface area contributed by atoms with Crippen molar-refractivity contribution in [1.29, 1.82) is 0 Å². The van der Waals surface area contributed by atoms with Gasteiger partial charge in [-0.05, 0) is 19.1 Å². The number of rotatable bonds is 4. The lowest BCUT2D eigenvalue weighted by Crippen LogP contribution is -2.20. The van der Waals surface area contributed by atoms with Crippen molar-refractivity contribution in [2.24, 2.45) is 7.05 Å². The zero-order valence-electron chi connectivity index (χ0n) is 13.1. The summed E-state index contributed by atoms with van der Waals surface area (Å²) in [5.41, 5.74) is -3.09. The lowest BCUT2D eigenvalue weighted by Gasteiger charge is -2.12. The zero-order valence-corrected chi connectivity index (χ0v) is 13.1. The first-order chi connectivity index (χ1) is 11.6. The van der Waals surface area contributed by atoms with E-state index in [-0.39, 0.29) is 12.2 Å². The number of hydrogen-bond acceptors (Lipinski definition) is 4. The van der Waals surface area contributed by atoms with E-state index in [1.807, 2.05) is 5.32 Å². The van der Waals surface area contributed by atoms with Gasteiger partial charge in [0.2, 0.25) is 0 Å². The molecule has 1 amide bonds. The molecule has 0 aliphatic heterocycles. The Kier molecular flexibility index (Phi) is 5.10. The fourth-order valence-corrected chi connectivity index (χ4v) is 2.08. The minimum atomic E-state index is -4.87. The molecule has 2 rings (SSSR count). The van der Waals surface area contributed by atoms with Crippen molar-refractivity contribution in [2.45, 2.75) is 13.1 Å². The van der Waals surface area contributed by atoms with Crippen molar-refractivity contribution in [2.75, 3.05) is 11.9 Å². The number of nitrogens with one attached hydrogen (secondary N) is 1. The Morgan fingerprint density at radius 1 is 1.28 bits per heavy atom. The summed E-state index contributed by atoms with van der Waals surface area (Å²) < 4.78 is 58.4. The summed E-state index contributed by atoms with van der Waals surface area (Å²) >= 11 is 0. The molecule has 1 aromatic carbocycles. The van der Waals surface area contributed by atoms with Crippen LogP contribution >= 0.6 is 0 Å². The van der Waals surface area contributed by atoms with Crippen molar-refractivity contribution in [3.8, 4) is 0 Å². The van der Waals surface area contributed by atoms with Gasteiger partial charge < -0.3 is 10.1 Å². The number of carbonyl (C=O) groups is 2. The van der Waals surface area contributed by atoms with Crippen LogP contribution < -0.4 is 5.32 Å². The number of amides is 1. The first-order valence-electron chi connectivity index (χ1n) is 7.03. The van der Waals surface area contributed by atoms with Gasteiger partial charge in [-0.2, -0.15) is 18.3 Å². The lowest BCUT2D eigenvalue weighted by molar-refractivity contribution is -0.141. The van der Waals surface area contributed by atoms with Crippen molar-refractivity contribution in [3.05, 3.63) is 47.0 Å². The molecule has 0 unspecified atom stereocenters. The average Bonchev–Trinajstić information content (AvgIpc) is 2.91. The summed E-state index contributed by atoms with van der Waals surface area (Å²) in [7, 11) is 1.21. The molecule has 25 heavy (non-hydrogen) atoms. The molecule has 134 valence electrons. The topological polar surface area (TPSA) is 73.2 Å². The number of halogens is 4. The molecular formula is C15H13F4N3O3. The minimum Gasteiger partial charge on any atom is -0.462 e. The highest BCUT2D eigenvalue weighted by molar-refractivity contribution is 6.08. The van der Waals surface area contributed by atoms with Crippen LogP contribution in [0.25, 0.3) is 0 Å². The van der Waals surface area contributed by atoms with Crippen molar-refractivity contribution in [3.63, 3.8) is 0 Å². The van der Waals surface area contributed by atoms with Crippen molar-refractivity contribution < 1.29 is 31.9 Å². The third-order valence-corrected chi connectivity index (χ3v) is 3.09. The molecule has 0 bridgehead atoms. The van der Waals surface area contributed by atoms with Crippen LogP contribution in [0.2, 0.25) is 0 Å². The molecule has 10 heteroatoms. The second-order valence-corrected chi connectivity index (χ2v) is 4.90. The molecule has 0 aliphatic rings. The number of para-hydroxylation sites is 1. The van der Waals surface area contributed by atoms with Gasteiger partial charge in [-0.1, -0.05) is 6.07 Å². The summed E-state index contributed by atoms with van der Waals surface area (Å²) in [6.45, 7) is 1.53. The normalized spacial score (nSPS) is 11.3. The maximum absolute atomic E-state index is 14.0. The summed E-state index contributed by atoms with van der Waals surface area (Å²) in [4.78, 5) is 24.0. The van der Waals surface area contributed by atoms with Crippen LogP contribution in [0.3, 0.4) is 0 Å². The van der Waals surface area contributed by atoms with Crippen LogP contribution in [0, 0.1) is 5.82 Å². The fraction of sp³-hybridized carbons (Fsp3) is 0.267. The van der Waals surface area contributed by atoms with E-state index < -0.39 is 40.8 Å². The highest BCUT2D eigenvalue weighted by Crippen LogP contribution is 2.31. The standard InChI is InChI=1S/C15H13F4N3O3/c1-3-25-14(24)8-5-4-6-10(16)11(8)20-13(23)9-7-22(2)21-12(9)15(17,18)19/h4-7H,3H2,1-2H3,(H,20,23). The SMILES string of the molecule is CCOC(=O)c1cccc(F)c1NC(=O)c1cn(C)nc1C(F)(F)F. The Labute approximate surface area is 139 Å². The number of anilines is 1. The number of aryl methyl sites for hydroxylation is 1. The van der Waals surface area contributed by atoms with Gasteiger partial charge >= 0.3 is 12.1 Å². The number of hydrogen-bond donors (Lipinski definition) is 1. The zero-order chi connectivity index (χ0) is 18.8. The largest absolute Gasteiger partial charge is 0.462 e. The van der Waals surface area contributed by atoms with E-state index in [1.165, 1.54) is 26.1 Å². The van der Waals surface area contributed by atoms with E-state index in [4.69, 9.17) is 4.74 Å². The molecule has 0 spiro atoms. The van der Waals surface area contributed by atoms with Gasteiger partial charge in [-0.25, -0.2) is 9.18 Å². The number of carbonyl (C=O) groups excluding carboxylic acids is 2. The first kappa shape index (κ1) is 18.4. The van der Waals surface area contributed by atoms with E-state index >= 15 is 0 Å².